The van der Waals surface area contributed by atoms with Crippen LogP contribution < -0.4 is 0 Å². The Morgan fingerprint density at radius 2 is 1.50 bits per heavy atom. The molecule has 3 aromatic carbocycles. The van der Waals surface area contributed by atoms with Crippen LogP contribution in [0.15, 0.2) is 77.2 Å². The van der Waals surface area contributed by atoms with E-state index < -0.39 is 0 Å². The third kappa shape index (κ3) is 2.72. The van der Waals surface area contributed by atoms with Gasteiger partial charge in [0.2, 0.25) is 0 Å². The van der Waals surface area contributed by atoms with Gasteiger partial charge in [-0.1, -0.05) is 48.0 Å². The van der Waals surface area contributed by atoms with Crippen LogP contribution >= 0.6 is 11.6 Å². The minimum atomic E-state index is 0.652. The summed E-state index contributed by atoms with van der Waals surface area (Å²) in [6.45, 7) is 0. The molecule has 0 bridgehead atoms. The van der Waals surface area contributed by atoms with Crippen molar-refractivity contribution in [2.24, 2.45) is 0 Å². The van der Waals surface area contributed by atoms with Gasteiger partial charge in [0.05, 0.1) is 11.6 Å². The van der Waals surface area contributed by atoms with Gasteiger partial charge in [0.15, 0.2) is 0 Å². The summed E-state index contributed by atoms with van der Waals surface area (Å²) in [5.41, 5.74) is 7.53. The summed E-state index contributed by atoms with van der Waals surface area (Å²) in [4.78, 5) is 0. The van der Waals surface area contributed by atoms with Gasteiger partial charge in [-0.15, -0.1) is 0 Å². The van der Waals surface area contributed by atoms with E-state index in [0.29, 0.717) is 10.6 Å². The maximum Gasteiger partial charge on any atom is 0.142 e. The zero-order valence-electron chi connectivity index (χ0n) is 15.1. The lowest BCUT2D eigenvalue weighted by Crippen LogP contribution is -2.02. The Balaban J connectivity index is 1.77. The standard InChI is InChI=1S/C25H16ClNO/c26-20-12-9-19(10-13-20)24-23(18-7-5-16(15-27)6-8-18)22-14-11-17-3-1-2-4-21(17)25(22)28-24/h1-10,12-13H,11,14H2. The van der Waals surface area contributed by atoms with E-state index in [-0.39, 0.29) is 0 Å². The molecule has 1 aliphatic rings. The van der Waals surface area contributed by atoms with Crippen LogP contribution in [0.25, 0.3) is 33.8 Å². The van der Waals surface area contributed by atoms with Crippen molar-refractivity contribution >= 4 is 11.6 Å². The van der Waals surface area contributed by atoms with E-state index in [1.807, 2.05) is 48.5 Å². The molecule has 2 nitrogen and oxygen atoms in total. The highest BCUT2D eigenvalue weighted by Gasteiger charge is 2.27. The summed E-state index contributed by atoms with van der Waals surface area (Å²) in [7, 11) is 0. The SMILES string of the molecule is N#Cc1ccc(-c2c(-c3ccc(Cl)cc3)oc3c2CCc2ccccc2-3)cc1. The summed E-state index contributed by atoms with van der Waals surface area (Å²) < 4.78 is 6.49. The molecule has 0 atom stereocenters. The topological polar surface area (TPSA) is 36.9 Å². The van der Waals surface area contributed by atoms with Crippen molar-refractivity contribution < 1.29 is 4.42 Å². The molecule has 0 spiro atoms. The van der Waals surface area contributed by atoms with Crippen LogP contribution in [0.5, 0.6) is 0 Å². The third-order valence-electron chi connectivity index (χ3n) is 5.32. The fourth-order valence-corrected chi connectivity index (χ4v) is 4.09. The summed E-state index contributed by atoms with van der Waals surface area (Å²) in [6.07, 6.45) is 1.92. The highest BCUT2D eigenvalue weighted by Crippen LogP contribution is 2.46. The molecule has 134 valence electrons. The molecule has 0 amide bonds. The number of benzene rings is 3. The first-order chi connectivity index (χ1) is 13.7. The molecule has 4 aromatic rings. The molecule has 0 fully saturated rings. The molecule has 0 unspecified atom stereocenters. The molecule has 1 heterocycles. The average Bonchev–Trinajstić information content (AvgIpc) is 3.14. The van der Waals surface area contributed by atoms with Crippen molar-refractivity contribution in [1.29, 1.82) is 5.26 Å². The fraction of sp³-hybridized carbons (Fsp3) is 0.0800. The van der Waals surface area contributed by atoms with E-state index in [9.17, 15) is 0 Å². The largest absolute Gasteiger partial charge is 0.455 e. The summed E-state index contributed by atoms with van der Waals surface area (Å²) in [5.74, 6) is 1.80. The molecule has 0 saturated carbocycles. The molecule has 0 saturated heterocycles. The minimum Gasteiger partial charge on any atom is -0.455 e. The number of rotatable bonds is 2. The van der Waals surface area contributed by atoms with Crippen molar-refractivity contribution in [3.63, 3.8) is 0 Å². The van der Waals surface area contributed by atoms with Crippen molar-refractivity contribution in [2.45, 2.75) is 12.8 Å². The second-order valence-electron chi connectivity index (χ2n) is 6.97. The van der Waals surface area contributed by atoms with Gasteiger partial charge in [-0.3, -0.25) is 0 Å². The highest BCUT2D eigenvalue weighted by molar-refractivity contribution is 6.30. The van der Waals surface area contributed by atoms with Crippen LogP contribution in [0.4, 0.5) is 0 Å². The highest BCUT2D eigenvalue weighted by atomic mass is 35.5. The number of aryl methyl sites for hydroxylation is 1. The Labute approximate surface area is 168 Å². The summed E-state index contributed by atoms with van der Waals surface area (Å²) in [5, 5.41) is 9.84. The maximum absolute atomic E-state index is 9.14. The first kappa shape index (κ1) is 16.9. The Hall–Kier alpha value is -3.28. The van der Waals surface area contributed by atoms with Gasteiger partial charge in [-0.2, -0.15) is 5.26 Å². The molecule has 28 heavy (non-hydrogen) atoms. The zero-order valence-corrected chi connectivity index (χ0v) is 15.8. The minimum absolute atomic E-state index is 0.652. The number of furan rings is 1. The maximum atomic E-state index is 9.14. The Morgan fingerprint density at radius 1 is 0.786 bits per heavy atom. The smallest absolute Gasteiger partial charge is 0.142 e. The zero-order chi connectivity index (χ0) is 19.1. The predicted octanol–water partition coefficient (Wildman–Crippen LogP) is 6.90. The van der Waals surface area contributed by atoms with E-state index >= 15 is 0 Å². The lowest BCUT2D eigenvalue weighted by molar-refractivity contribution is 0.590. The number of hydrogen-bond donors (Lipinski definition) is 0. The summed E-state index contributed by atoms with van der Waals surface area (Å²) in [6, 6.07) is 26.1. The number of nitrogens with zero attached hydrogens (tertiary/aromatic N) is 1. The Bertz CT molecular complexity index is 1210. The van der Waals surface area contributed by atoms with Gasteiger partial charge < -0.3 is 4.42 Å². The molecule has 5 rings (SSSR count). The van der Waals surface area contributed by atoms with Gasteiger partial charge in [0.1, 0.15) is 11.5 Å². The predicted molar refractivity (Wildman–Crippen MR) is 112 cm³/mol. The van der Waals surface area contributed by atoms with E-state index in [1.165, 1.54) is 16.7 Å². The lowest BCUT2D eigenvalue weighted by atomic mass is 9.86. The lowest BCUT2D eigenvalue weighted by Gasteiger charge is -2.15. The second-order valence-corrected chi connectivity index (χ2v) is 7.40. The summed E-state index contributed by atoms with van der Waals surface area (Å²) >= 11 is 6.10. The average molecular weight is 382 g/mol. The molecule has 0 aliphatic heterocycles. The molecular formula is C25H16ClNO. The van der Waals surface area contributed by atoms with Crippen LogP contribution in [-0.4, -0.2) is 0 Å². The first-order valence-electron chi connectivity index (χ1n) is 9.25. The van der Waals surface area contributed by atoms with Gasteiger partial charge >= 0.3 is 0 Å². The van der Waals surface area contributed by atoms with Crippen LogP contribution in [0.2, 0.25) is 5.02 Å². The van der Waals surface area contributed by atoms with E-state index in [0.717, 1.165) is 41.1 Å². The van der Waals surface area contributed by atoms with Crippen molar-refractivity contribution in [1.82, 2.24) is 0 Å². The van der Waals surface area contributed by atoms with Crippen LogP contribution in [-0.2, 0) is 12.8 Å². The Kier molecular flexibility index (Phi) is 4.04. The fourth-order valence-electron chi connectivity index (χ4n) is 3.96. The van der Waals surface area contributed by atoms with Crippen molar-refractivity contribution in [3.05, 3.63) is 94.5 Å². The van der Waals surface area contributed by atoms with E-state index in [1.54, 1.807) is 0 Å². The number of halogens is 1. The van der Waals surface area contributed by atoms with Crippen molar-refractivity contribution in [3.8, 4) is 39.8 Å². The molecular weight excluding hydrogens is 366 g/mol. The second kappa shape index (κ2) is 6.71. The number of hydrogen-bond acceptors (Lipinski definition) is 2. The first-order valence-corrected chi connectivity index (χ1v) is 9.63. The van der Waals surface area contributed by atoms with E-state index in [2.05, 4.69) is 30.3 Å². The van der Waals surface area contributed by atoms with E-state index in [4.69, 9.17) is 21.3 Å². The van der Waals surface area contributed by atoms with Crippen LogP contribution in [0.1, 0.15) is 16.7 Å². The Morgan fingerprint density at radius 3 is 2.25 bits per heavy atom. The number of fused-ring (bicyclic) bond motifs is 3. The van der Waals surface area contributed by atoms with Crippen LogP contribution in [0.3, 0.4) is 0 Å². The monoisotopic (exact) mass is 381 g/mol. The molecule has 0 radical (unpaired) electrons. The molecule has 3 heteroatoms. The van der Waals surface area contributed by atoms with Gasteiger partial charge in [0.25, 0.3) is 0 Å². The quantitative estimate of drug-likeness (QED) is 0.378. The number of nitriles is 1. The molecule has 1 aliphatic carbocycles. The van der Waals surface area contributed by atoms with Crippen LogP contribution in [0, 0.1) is 11.3 Å². The third-order valence-corrected chi connectivity index (χ3v) is 5.57. The van der Waals surface area contributed by atoms with Crippen molar-refractivity contribution in [2.75, 3.05) is 0 Å². The molecule has 1 aromatic heterocycles. The molecule has 0 N–H and O–H groups in total. The normalized spacial score (nSPS) is 12.1. The van der Waals surface area contributed by atoms with Gasteiger partial charge in [-0.05, 0) is 60.4 Å². The van der Waals surface area contributed by atoms with Gasteiger partial charge in [0, 0.05) is 27.3 Å². The van der Waals surface area contributed by atoms with Gasteiger partial charge in [-0.25, -0.2) is 0 Å².